The molecule has 0 aliphatic carbocycles. The Morgan fingerprint density at radius 2 is 1.95 bits per heavy atom. The fraction of sp³-hybridized carbons (Fsp3) is 0.188. The highest BCUT2D eigenvalue weighted by Crippen LogP contribution is 2.29. The van der Waals surface area contributed by atoms with Crippen LogP contribution in [0.3, 0.4) is 0 Å². The lowest BCUT2D eigenvalue weighted by molar-refractivity contribution is -0.122. The molecule has 0 heterocycles. The van der Waals surface area contributed by atoms with E-state index in [9.17, 15) is 9.90 Å². The number of rotatable bonds is 4. The average Bonchev–Trinajstić information content (AvgIpc) is 2.45. The lowest BCUT2D eigenvalue weighted by atomic mass is 10.2. The van der Waals surface area contributed by atoms with Gasteiger partial charge in [-0.15, -0.1) is 0 Å². The van der Waals surface area contributed by atoms with E-state index in [1.54, 1.807) is 31.2 Å². The summed E-state index contributed by atoms with van der Waals surface area (Å²) in [5.41, 5.74) is 1.25. The largest absolute Gasteiger partial charge is 0.506 e. The van der Waals surface area contributed by atoms with Gasteiger partial charge < -0.3 is 15.2 Å². The lowest BCUT2D eigenvalue weighted by Crippen LogP contribution is -2.30. The van der Waals surface area contributed by atoms with Gasteiger partial charge in [-0.1, -0.05) is 29.3 Å². The topological polar surface area (TPSA) is 58.6 Å². The Kier molecular flexibility index (Phi) is 5.16. The normalized spacial score (nSPS) is 11.8. The standard InChI is InChI=1S/C16H15Cl2NO3/c1-9-3-5-14(20)13(7-9)19-16(21)10(2)22-15-6-4-11(17)8-12(15)18/h3-8,10,20H,1-2H3,(H,19,21). The monoisotopic (exact) mass is 339 g/mol. The van der Waals surface area contributed by atoms with E-state index in [1.165, 1.54) is 12.1 Å². The number of phenols is 1. The van der Waals surface area contributed by atoms with Crippen LogP contribution in [0.5, 0.6) is 11.5 Å². The van der Waals surface area contributed by atoms with Crippen molar-refractivity contribution in [2.75, 3.05) is 5.32 Å². The number of aryl methyl sites for hydroxylation is 1. The van der Waals surface area contributed by atoms with Crippen LogP contribution in [-0.2, 0) is 4.79 Å². The second-order valence-corrected chi connectivity index (χ2v) is 5.69. The molecule has 1 atom stereocenters. The molecule has 2 aromatic rings. The molecule has 0 spiro atoms. The van der Waals surface area contributed by atoms with Gasteiger partial charge >= 0.3 is 0 Å². The Bertz CT molecular complexity index is 704. The molecule has 2 rings (SSSR count). The van der Waals surface area contributed by atoms with E-state index in [2.05, 4.69) is 5.32 Å². The van der Waals surface area contributed by atoms with E-state index < -0.39 is 12.0 Å². The van der Waals surface area contributed by atoms with Gasteiger partial charge in [-0.25, -0.2) is 0 Å². The fourth-order valence-corrected chi connectivity index (χ4v) is 2.25. The number of benzene rings is 2. The van der Waals surface area contributed by atoms with Gasteiger partial charge in [-0.3, -0.25) is 4.79 Å². The maximum atomic E-state index is 12.1. The van der Waals surface area contributed by atoms with Gasteiger partial charge in [0.1, 0.15) is 11.5 Å². The maximum Gasteiger partial charge on any atom is 0.265 e. The van der Waals surface area contributed by atoms with Gasteiger partial charge in [0.2, 0.25) is 0 Å². The third kappa shape index (κ3) is 4.06. The zero-order chi connectivity index (χ0) is 16.3. The quantitative estimate of drug-likeness (QED) is 0.811. The van der Waals surface area contributed by atoms with Crippen molar-refractivity contribution in [3.63, 3.8) is 0 Å². The highest BCUT2D eigenvalue weighted by atomic mass is 35.5. The highest BCUT2D eigenvalue weighted by molar-refractivity contribution is 6.35. The number of aromatic hydroxyl groups is 1. The minimum atomic E-state index is -0.793. The van der Waals surface area contributed by atoms with Gasteiger partial charge in [0.05, 0.1) is 10.7 Å². The molecule has 2 N–H and O–H groups in total. The van der Waals surface area contributed by atoms with Crippen LogP contribution in [0.15, 0.2) is 36.4 Å². The number of ether oxygens (including phenoxy) is 1. The zero-order valence-electron chi connectivity index (χ0n) is 12.1. The first kappa shape index (κ1) is 16.5. The Morgan fingerprint density at radius 1 is 1.23 bits per heavy atom. The molecule has 0 aliphatic heterocycles. The summed E-state index contributed by atoms with van der Waals surface area (Å²) in [4.78, 5) is 12.1. The number of nitrogens with one attached hydrogen (secondary N) is 1. The minimum Gasteiger partial charge on any atom is -0.506 e. The first-order valence-corrected chi connectivity index (χ1v) is 7.34. The van der Waals surface area contributed by atoms with Crippen LogP contribution in [0, 0.1) is 6.92 Å². The second kappa shape index (κ2) is 6.90. The molecule has 6 heteroatoms. The summed E-state index contributed by atoms with van der Waals surface area (Å²) in [5.74, 6) is -0.0372. The van der Waals surface area contributed by atoms with Gasteiger partial charge in [-0.2, -0.15) is 0 Å². The molecule has 0 saturated heterocycles. The van der Waals surface area contributed by atoms with Crippen LogP contribution in [0.4, 0.5) is 5.69 Å². The number of hydrogen-bond donors (Lipinski definition) is 2. The Balaban J connectivity index is 2.07. The molecule has 1 unspecified atom stereocenters. The van der Waals surface area contributed by atoms with Crippen molar-refractivity contribution >= 4 is 34.8 Å². The van der Waals surface area contributed by atoms with Gasteiger partial charge in [-0.05, 0) is 49.7 Å². The number of amides is 1. The molecule has 4 nitrogen and oxygen atoms in total. The summed E-state index contributed by atoms with van der Waals surface area (Å²) >= 11 is 11.8. The summed E-state index contributed by atoms with van der Waals surface area (Å²) in [7, 11) is 0. The Morgan fingerprint density at radius 3 is 2.64 bits per heavy atom. The van der Waals surface area contributed by atoms with E-state index >= 15 is 0 Å². The van der Waals surface area contributed by atoms with Crippen LogP contribution >= 0.6 is 23.2 Å². The number of phenolic OH excluding ortho intramolecular Hbond substituents is 1. The molecular weight excluding hydrogens is 325 g/mol. The molecule has 1 amide bonds. The number of halogens is 2. The molecule has 2 aromatic carbocycles. The van der Waals surface area contributed by atoms with Crippen molar-refractivity contribution in [1.82, 2.24) is 0 Å². The number of carbonyl (C=O) groups is 1. The summed E-state index contributed by atoms with van der Waals surface area (Å²) < 4.78 is 5.52. The fourth-order valence-electron chi connectivity index (χ4n) is 1.80. The molecule has 116 valence electrons. The SMILES string of the molecule is Cc1ccc(O)c(NC(=O)C(C)Oc2ccc(Cl)cc2Cl)c1. The van der Waals surface area contributed by atoms with Crippen molar-refractivity contribution < 1.29 is 14.6 Å². The highest BCUT2D eigenvalue weighted by Gasteiger charge is 2.17. The lowest BCUT2D eigenvalue weighted by Gasteiger charge is -2.16. The molecule has 0 bridgehead atoms. The van der Waals surface area contributed by atoms with E-state index in [-0.39, 0.29) is 5.75 Å². The van der Waals surface area contributed by atoms with Crippen molar-refractivity contribution in [1.29, 1.82) is 0 Å². The molecule has 0 aromatic heterocycles. The van der Waals surface area contributed by atoms with Gasteiger partial charge in [0, 0.05) is 5.02 Å². The number of anilines is 1. The molecule has 0 saturated carbocycles. The maximum absolute atomic E-state index is 12.1. The first-order valence-electron chi connectivity index (χ1n) is 6.59. The van der Waals surface area contributed by atoms with Gasteiger partial charge in [0.15, 0.2) is 6.10 Å². The smallest absolute Gasteiger partial charge is 0.265 e. The molecule has 22 heavy (non-hydrogen) atoms. The van der Waals surface area contributed by atoms with E-state index in [0.717, 1.165) is 5.56 Å². The zero-order valence-corrected chi connectivity index (χ0v) is 13.6. The van der Waals surface area contributed by atoms with E-state index in [1.807, 2.05) is 6.92 Å². The van der Waals surface area contributed by atoms with Gasteiger partial charge in [0.25, 0.3) is 5.91 Å². The van der Waals surface area contributed by atoms with Crippen LogP contribution in [0.25, 0.3) is 0 Å². The third-order valence-corrected chi connectivity index (χ3v) is 3.51. The van der Waals surface area contributed by atoms with Crippen molar-refractivity contribution in [3.05, 3.63) is 52.0 Å². The predicted molar refractivity (Wildman–Crippen MR) is 88.0 cm³/mol. The number of carbonyl (C=O) groups excluding carboxylic acids is 1. The number of hydrogen-bond acceptors (Lipinski definition) is 3. The van der Waals surface area contributed by atoms with Crippen LogP contribution in [-0.4, -0.2) is 17.1 Å². The molecule has 0 radical (unpaired) electrons. The Hall–Kier alpha value is -1.91. The van der Waals surface area contributed by atoms with E-state index in [0.29, 0.717) is 21.5 Å². The van der Waals surface area contributed by atoms with Crippen LogP contribution in [0.2, 0.25) is 10.0 Å². The minimum absolute atomic E-state index is 0.00400. The summed E-state index contributed by atoms with van der Waals surface area (Å²) in [6.45, 7) is 3.45. The van der Waals surface area contributed by atoms with Crippen molar-refractivity contribution in [3.8, 4) is 11.5 Å². The third-order valence-electron chi connectivity index (χ3n) is 2.98. The average molecular weight is 340 g/mol. The Labute approximate surface area is 138 Å². The molecular formula is C16H15Cl2NO3. The second-order valence-electron chi connectivity index (χ2n) is 4.84. The van der Waals surface area contributed by atoms with Crippen LogP contribution in [0.1, 0.15) is 12.5 Å². The first-order chi connectivity index (χ1) is 10.4. The van der Waals surface area contributed by atoms with Crippen LogP contribution < -0.4 is 10.1 Å². The van der Waals surface area contributed by atoms with Crippen molar-refractivity contribution in [2.45, 2.75) is 20.0 Å². The van der Waals surface area contributed by atoms with Crippen molar-refractivity contribution in [2.24, 2.45) is 0 Å². The van der Waals surface area contributed by atoms with E-state index in [4.69, 9.17) is 27.9 Å². The molecule has 0 aliphatic rings. The molecule has 0 fully saturated rings. The summed E-state index contributed by atoms with van der Waals surface area (Å²) in [6, 6.07) is 9.70. The summed E-state index contributed by atoms with van der Waals surface area (Å²) in [6.07, 6.45) is -0.793. The summed E-state index contributed by atoms with van der Waals surface area (Å²) in [5, 5.41) is 13.2. The predicted octanol–water partition coefficient (Wildman–Crippen LogP) is 4.41.